The van der Waals surface area contributed by atoms with Crippen molar-refractivity contribution in [3.8, 4) is 0 Å². The van der Waals surface area contributed by atoms with Gasteiger partial charge >= 0.3 is 6.03 Å². The molecule has 0 aliphatic heterocycles. The number of rotatable bonds is 6. The van der Waals surface area contributed by atoms with Crippen LogP contribution in [0.15, 0.2) is 42.5 Å². The Bertz CT molecular complexity index is 833. The molecule has 0 radical (unpaired) electrons. The van der Waals surface area contributed by atoms with Gasteiger partial charge in [0.15, 0.2) is 0 Å². The van der Waals surface area contributed by atoms with Gasteiger partial charge in [0.05, 0.1) is 0 Å². The average molecular weight is 373 g/mol. The second kappa shape index (κ2) is 8.16. The summed E-state index contributed by atoms with van der Waals surface area (Å²) in [6.45, 7) is 1.66. The summed E-state index contributed by atoms with van der Waals surface area (Å²) in [5.74, 6) is -1.46. The highest BCUT2D eigenvalue weighted by molar-refractivity contribution is 5.97. The van der Waals surface area contributed by atoms with E-state index in [4.69, 9.17) is 0 Å². The van der Waals surface area contributed by atoms with Crippen molar-refractivity contribution in [1.82, 2.24) is 10.6 Å². The highest BCUT2D eigenvalue weighted by atomic mass is 19.1. The fourth-order valence-corrected chi connectivity index (χ4v) is 2.71. The predicted molar refractivity (Wildman–Crippen MR) is 98.6 cm³/mol. The van der Waals surface area contributed by atoms with Crippen LogP contribution >= 0.6 is 0 Å². The van der Waals surface area contributed by atoms with Crippen molar-refractivity contribution >= 4 is 17.6 Å². The number of nitrogens with one attached hydrogen (secondary N) is 3. The van der Waals surface area contributed by atoms with E-state index in [2.05, 4.69) is 16.0 Å². The van der Waals surface area contributed by atoms with Crippen molar-refractivity contribution < 1.29 is 18.4 Å². The molecule has 1 saturated carbocycles. The van der Waals surface area contributed by atoms with Crippen LogP contribution in [0.4, 0.5) is 19.3 Å². The Morgan fingerprint density at radius 3 is 2.44 bits per heavy atom. The molecule has 0 spiro atoms. The number of carbonyl (C=O) groups is 2. The van der Waals surface area contributed by atoms with Gasteiger partial charge in [0.25, 0.3) is 5.91 Å². The quantitative estimate of drug-likeness (QED) is 0.724. The Morgan fingerprint density at radius 2 is 1.78 bits per heavy atom. The van der Waals surface area contributed by atoms with Crippen molar-refractivity contribution in [2.75, 3.05) is 5.32 Å². The van der Waals surface area contributed by atoms with Crippen molar-refractivity contribution in [3.63, 3.8) is 0 Å². The number of anilines is 1. The lowest BCUT2D eigenvalue weighted by atomic mass is 10.1. The summed E-state index contributed by atoms with van der Waals surface area (Å²) in [7, 11) is 0. The third-order valence-corrected chi connectivity index (χ3v) is 4.24. The molecule has 1 unspecified atom stereocenters. The van der Waals surface area contributed by atoms with E-state index in [1.54, 1.807) is 31.2 Å². The second-order valence-electron chi connectivity index (χ2n) is 6.73. The van der Waals surface area contributed by atoms with Crippen LogP contribution in [0.25, 0.3) is 0 Å². The third kappa shape index (κ3) is 5.26. The molecule has 0 saturated heterocycles. The van der Waals surface area contributed by atoms with E-state index in [0.29, 0.717) is 11.3 Å². The lowest BCUT2D eigenvalue weighted by Crippen LogP contribution is -2.37. The maximum absolute atomic E-state index is 13.7. The molecule has 1 fully saturated rings. The molecule has 7 heteroatoms. The molecule has 27 heavy (non-hydrogen) atoms. The molecule has 0 bridgehead atoms. The van der Waals surface area contributed by atoms with Gasteiger partial charge in [0.2, 0.25) is 0 Å². The molecule has 2 aromatic carbocycles. The molecule has 5 nitrogen and oxygen atoms in total. The molecule has 3 rings (SSSR count). The predicted octanol–water partition coefficient (Wildman–Crippen LogP) is 3.61. The summed E-state index contributed by atoms with van der Waals surface area (Å²) in [5, 5.41) is 8.16. The normalized spacial score (nSPS) is 14.3. The minimum Gasteiger partial charge on any atom is -0.349 e. The summed E-state index contributed by atoms with van der Waals surface area (Å²) in [4.78, 5) is 24.2. The van der Waals surface area contributed by atoms with Gasteiger partial charge in [-0.05, 0) is 56.5 Å². The summed E-state index contributed by atoms with van der Waals surface area (Å²) in [6, 6.07) is 9.50. The lowest BCUT2D eigenvalue weighted by Gasteiger charge is -2.16. The SMILES string of the molecule is CC(Cc1c(F)cccc1F)NC(=O)Nc1cccc(C(=O)NC2CC2)c1. The molecule has 1 aliphatic rings. The number of hydrogen-bond donors (Lipinski definition) is 3. The second-order valence-corrected chi connectivity index (χ2v) is 6.73. The molecule has 2 aromatic rings. The van der Waals surface area contributed by atoms with E-state index in [9.17, 15) is 18.4 Å². The summed E-state index contributed by atoms with van der Waals surface area (Å²) >= 11 is 0. The minimum absolute atomic E-state index is 0.0236. The average Bonchev–Trinajstić information content (AvgIpc) is 3.42. The highest BCUT2D eigenvalue weighted by Gasteiger charge is 2.23. The molecule has 3 N–H and O–H groups in total. The Labute approximate surface area is 156 Å². The Balaban J connectivity index is 1.56. The summed E-state index contributed by atoms with van der Waals surface area (Å²) < 4.78 is 27.4. The first-order valence-corrected chi connectivity index (χ1v) is 8.83. The zero-order chi connectivity index (χ0) is 19.4. The molecule has 3 amide bonds. The number of halogens is 2. The van der Waals surface area contributed by atoms with Crippen LogP contribution in [0.5, 0.6) is 0 Å². The molecular weight excluding hydrogens is 352 g/mol. The number of carbonyl (C=O) groups excluding carboxylic acids is 2. The van der Waals surface area contributed by atoms with Gasteiger partial charge in [-0.25, -0.2) is 13.6 Å². The van der Waals surface area contributed by atoms with E-state index in [1.807, 2.05) is 0 Å². The first-order chi connectivity index (χ1) is 12.9. The van der Waals surface area contributed by atoms with Crippen LogP contribution in [-0.4, -0.2) is 24.0 Å². The van der Waals surface area contributed by atoms with Crippen LogP contribution in [0.1, 0.15) is 35.7 Å². The van der Waals surface area contributed by atoms with Crippen molar-refractivity contribution in [2.45, 2.75) is 38.3 Å². The van der Waals surface area contributed by atoms with Gasteiger partial charge in [0.1, 0.15) is 11.6 Å². The number of hydrogen-bond acceptors (Lipinski definition) is 2. The fourth-order valence-electron chi connectivity index (χ4n) is 2.71. The molecule has 142 valence electrons. The van der Waals surface area contributed by atoms with Crippen molar-refractivity contribution in [2.24, 2.45) is 0 Å². The van der Waals surface area contributed by atoms with Crippen LogP contribution in [-0.2, 0) is 6.42 Å². The van der Waals surface area contributed by atoms with E-state index in [-0.39, 0.29) is 23.9 Å². The molecular formula is C20H21F2N3O2. The van der Waals surface area contributed by atoms with Crippen molar-refractivity contribution in [1.29, 1.82) is 0 Å². The maximum atomic E-state index is 13.7. The fraction of sp³-hybridized carbons (Fsp3) is 0.300. The topological polar surface area (TPSA) is 70.2 Å². The van der Waals surface area contributed by atoms with E-state index in [0.717, 1.165) is 12.8 Å². The Morgan fingerprint density at radius 1 is 1.11 bits per heavy atom. The van der Waals surface area contributed by atoms with Crippen LogP contribution in [0.2, 0.25) is 0 Å². The summed E-state index contributed by atoms with van der Waals surface area (Å²) in [5.41, 5.74) is 0.852. The zero-order valence-corrected chi connectivity index (χ0v) is 14.9. The van der Waals surface area contributed by atoms with Gasteiger partial charge in [-0.1, -0.05) is 12.1 Å². The van der Waals surface area contributed by atoms with Gasteiger partial charge < -0.3 is 16.0 Å². The first kappa shape index (κ1) is 18.8. The standard InChI is InChI=1S/C20H21F2N3O2/c1-12(10-16-17(21)6-3-7-18(16)22)23-20(27)25-15-5-2-4-13(11-15)19(26)24-14-8-9-14/h2-7,11-12,14H,8-10H2,1H3,(H,24,26)(H2,23,25,27). The van der Waals surface area contributed by atoms with Crippen molar-refractivity contribution in [3.05, 3.63) is 65.2 Å². The van der Waals surface area contributed by atoms with Gasteiger partial charge in [0, 0.05) is 28.9 Å². The smallest absolute Gasteiger partial charge is 0.319 e. The zero-order valence-electron chi connectivity index (χ0n) is 14.9. The number of urea groups is 1. The van der Waals surface area contributed by atoms with Crippen LogP contribution in [0.3, 0.4) is 0 Å². The minimum atomic E-state index is -0.640. The maximum Gasteiger partial charge on any atom is 0.319 e. The molecule has 0 aromatic heterocycles. The van der Waals surface area contributed by atoms with Crippen LogP contribution < -0.4 is 16.0 Å². The molecule has 1 aliphatic carbocycles. The van der Waals surface area contributed by atoms with E-state index < -0.39 is 23.7 Å². The number of amides is 3. The van der Waals surface area contributed by atoms with Crippen LogP contribution in [0, 0.1) is 11.6 Å². The summed E-state index contributed by atoms with van der Waals surface area (Å²) in [6.07, 6.45) is 2.01. The monoisotopic (exact) mass is 373 g/mol. The Hall–Kier alpha value is -2.96. The van der Waals surface area contributed by atoms with Gasteiger partial charge in [-0.15, -0.1) is 0 Å². The highest BCUT2D eigenvalue weighted by Crippen LogP contribution is 2.20. The molecule has 0 heterocycles. The lowest BCUT2D eigenvalue weighted by molar-refractivity contribution is 0.0951. The molecule has 1 atom stereocenters. The van der Waals surface area contributed by atoms with E-state index in [1.165, 1.54) is 18.2 Å². The van der Waals surface area contributed by atoms with E-state index >= 15 is 0 Å². The largest absolute Gasteiger partial charge is 0.349 e. The van der Waals surface area contributed by atoms with Gasteiger partial charge in [-0.3, -0.25) is 4.79 Å². The number of benzene rings is 2. The van der Waals surface area contributed by atoms with Gasteiger partial charge in [-0.2, -0.15) is 0 Å². The first-order valence-electron chi connectivity index (χ1n) is 8.83. The third-order valence-electron chi connectivity index (χ3n) is 4.24. The Kier molecular flexibility index (Phi) is 5.69.